The van der Waals surface area contributed by atoms with Crippen molar-refractivity contribution in [1.29, 1.82) is 0 Å². The van der Waals surface area contributed by atoms with Crippen LogP contribution in [0.15, 0.2) is 38.3 Å². The minimum absolute atomic E-state index is 0.0187. The van der Waals surface area contributed by atoms with E-state index in [9.17, 15) is 13.2 Å². The van der Waals surface area contributed by atoms with Crippen LogP contribution in [0.4, 0.5) is 0 Å². The standard InChI is InChI=1S/C17H17N3O5S3/c1-24-17(21)14-13(6-9-27-14)28(22,23)20-7-2-4-11(10-20)15-18-19-16(25-15)12-5-3-8-26-12/h3,5-6,8-9,11H,2,4,7,10H2,1H3/t11-/m0/s1. The van der Waals surface area contributed by atoms with Gasteiger partial charge >= 0.3 is 5.97 Å². The second-order valence-electron chi connectivity index (χ2n) is 6.23. The van der Waals surface area contributed by atoms with Gasteiger partial charge in [0.2, 0.25) is 15.9 Å². The maximum absolute atomic E-state index is 13.1. The van der Waals surface area contributed by atoms with E-state index in [2.05, 4.69) is 10.2 Å². The Balaban J connectivity index is 1.57. The van der Waals surface area contributed by atoms with Crippen LogP contribution in [0, 0.1) is 0 Å². The zero-order valence-corrected chi connectivity index (χ0v) is 17.3. The molecule has 3 aromatic rings. The number of thiophene rings is 2. The molecule has 11 heteroatoms. The Bertz CT molecular complexity index is 1070. The van der Waals surface area contributed by atoms with Gasteiger partial charge < -0.3 is 9.15 Å². The molecule has 1 saturated heterocycles. The number of sulfonamides is 1. The molecule has 1 fully saturated rings. The topological polar surface area (TPSA) is 103 Å². The number of rotatable bonds is 5. The molecule has 8 nitrogen and oxygen atoms in total. The number of carbonyl (C=O) groups is 1. The van der Waals surface area contributed by atoms with Crippen LogP contribution in [-0.2, 0) is 14.8 Å². The molecular formula is C17H17N3O5S3. The lowest BCUT2D eigenvalue weighted by atomic mass is 10.00. The van der Waals surface area contributed by atoms with E-state index in [0.29, 0.717) is 24.7 Å². The number of aromatic nitrogens is 2. The van der Waals surface area contributed by atoms with Gasteiger partial charge in [0.1, 0.15) is 9.77 Å². The second kappa shape index (κ2) is 7.74. The predicted molar refractivity (Wildman–Crippen MR) is 104 cm³/mol. The van der Waals surface area contributed by atoms with E-state index in [-0.39, 0.29) is 22.2 Å². The zero-order valence-electron chi connectivity index (χ0n) is 14.9. The van der Waals surface area contributed by atoms with E-state index >= 15 is 0 Å². The second-order valence-corrected chi connectivity index (χ2v) is 10.0. The average molecular weight is 440 g/mol. The summed E-state index contributed by atoms with van der Waals surface area (Å²) in [7, 11) is -2.59. The minimum atomic E-state index is -3.83. The van der Waals surface area contributed by atoms with Crippen LogP contribution in [0.2, 0.25) is 0 Å². The highest BCUT2D eigenvalue weighted by atomic mass is 32.2. The van der Waals surface area contributed by atoms with Gasteiger partial charge in [0.15, 0.2) is 0 Å². The summed E-state index contributed by atoms with van der Waals surface area (Å²) in [6.45, 7) is 0.603. The molecule has 0 spiro atoms. The molecule has 0 saturated carbocycles. The average Bonchev–Trinajstić information content (AvgIpc) is 3.48. The quantitative estimate of drug-likeness (QED) is 0.562. The number of methoxy groups -OCH3 is 1. The summed E-state index contributed by atoms with van der Waals surface area (Å²) in [5.41, 5.74) is 0. The van der Waals surface area contributed by atoms with Gasteiger partial charge in [0.25, 0.3) is 5.89 Å². The first-order chi connectivity index (χ1) is 13.5. The summed E-state index contributed by atoms with van der Waals surface area (Å²) in [6.07, 6.45) is 1.42. The first-order valence-corrected chi connectivity index (χ1v) is 11.7. The van der Waals surface area contributed by atoms with Crippen molar-refractivity contribution in [3.05, 3.63) is 39.7 Å². The molecule has 0 aliphatic carbocycles. The van der Waals surface area contributed by atoms with E-state index in [4.69, 9.17) is 9.15 Å². The predicted octanol–water partition coefficient (Wildman–Crippen LogP) is 3.21. The highest BCUT2D eigenvalue weighted by molar-refractivity contribution is 7.89. The molecule has 0 radical (unpaired) electrons. The summed E-state index contributed by atoms with van der Waals surface area (Å²) < 4.78 is 38.1. The van der Waals surface area contributed by atoms with Gasteiger partial charge in [-0.25, -0.2) is 13.2 Å². The number of hydrogen-bond donors (Lipinski definition) is 0. The molecule has 1 aliphatic heterocycles. The monoisotopic (exact) mass is 439 g/mol. The minimum Gasteiger partial charge on any atom is -0.465 e. The summed E-state index contributed by atoms with van der Waals surface area (Å²) in [5, 5.41) is 11.7. The fourth-order valence-corrected chi connectivity index (χ4v) is 6.62. The van der Waals surface area contributed by atoms with Crippen LogP contribution in [0.3, 0.4) is 0 Å². The van der Waals surface area contributed by atoms with Gasteiger partial charge in [-0.2, -0.15) is 4.31 Å². The normalized spacial score (nSPS) is 18.2. The molecule has 3 aromatic heterocycles. The Morgan fingerprint density at radius 1 is 1.29 bits per heavy atom. The highest BCUT2D eigenvalue weighted by Gasteiger charge is 2.36. The molecule has 28 heavy (non-hydrogen) atoms. The van der Waals surface area contributed by atoms with Gasteiger partial charge in [-0.3, -0.25) is 0 Å². The lowest BCUT2D eigenvalue weighted by Gasteiger charge is -2.30. The Labute approximate surface area is 169 Å². The number of hydrogen-bond acceptors (Lipinski definition) is 9. The third kappa shape index (κ3) is 3.50. The fourth-order valence-electron chi connectivity index (χ4n) is 3.14. The fraction of sp³-hybridized carbons (Fsp3) is 0.353. The van der Waals surface area contributed by atoms with Crippen LogP contribution < -0.4 is 0 Å². The lowest BCUT2D eigenvalue weighted by Crippen LogP contribution is -2.39. The molecular weight excluding hydrogens is 422 g/mol. The van der Waals surface area contributed by atoms with E-state index in [1.54, 1.807) is 5.38 Å². The Morgan fingerprint density at radius 2 is 2.14 bits per heavy atom. The lowest BCUT2D eigenvalue weighted by molar-refractivity contribution is 0.0602. The largest absolute Gasteiger partial charge is 0.465 e. The highest BCUT2D eigenvalue weighted by Crippen LogP contribution is 2.33. The van der Waals surface area contributed by atoms with Crippen LogP contribution >= 0.6 is 22.7 Å². The summed E-state index contributed by atoms with van der Waals surface area (Å²) >= 11 is 2.55. The molecule has 1 atom stereocenters. The SMILES string of the molecule is COC(=O)c1sccc1S(=O)(=O)N1CCC[C@H](c2nnc(-c3cccs3)o2)C1. The van der Waals surface area contributed by atoms with Gasteiger partial charge in [-0.1, -0.05) is 6.07 Å². The van der Waals surface area contributed by atoms with Crippen molar-refractivity contribution in [2.24, 2.45) is 0 Å². The summed E-state index contributed by atoms with van der Waals surface area (Å²) in [4.78, 5) is 12.8. The molecule has 0 aromatic carbocycles. The number of nitrogens with zero attached hydrogens (tertiary/aromatic N) is 3. The zero-order chi connectivity index (χ0) is 19.7. The Morgan fingerprint density at radius 3 is 2.89 bits per heavy atom. The first kappa shape index (κ1) is 19.2. The van der Waals surface area contributed by atoms with E-state index < -0.39 is 16.0 Å². The van der Waals surface area contributed by atoms with Crippen molar-refractivity contribution in [2.75, 3.05) is 20.2 Å². The number of esters is 1. The van der Waals surface area contributed by atoms with Crippen molar-refractivity contribution in [1.82, 2.24) is 14.5 Å². The summed E-state index contributed by atoms with van der Waals surface area (Å²) in [5.74, 6) is 0.0298. The smallest absolute Gasteiger partial charge is 0.349 e. The molecule has 0 N–H and O–H groups in total. The number of carbonyl (C=O) groups excluding carboxylic acids is 1. The van der Waals surface area contributed by atoms with Gasteiger partial charge in [0, 0.05) is 13.1 Å². The summed E-state index contributed by atoms with van der Waals surface area (Å²) in [6, 6.07) is 5.24. The maximum Gasteiger partial charge on any atom is 0.349 e. The Kier molecular flexibility index (Phi) is 5.32. The molecule has 0 bridgehead atoms. The van der Waals surface area contributed by atoms with Gasteiger partial charge in [-0.15, -0.1) is 32.9 Å². The van der Waals surface area contributed by atoms with Crippen molar-refractivity contribution >= 4 is 38.7 Å². The van der Waals surface area contributed by atoms with Crippen LogP contribution in [-0.4, -0.2) is 49.1 Å². The van der Waals surface area contributed by atoms with Crippen molar-refractivity contribution < 1.29 is 22.4 Å². The molecule has 4 heterocycles. The van der Waals surface area contributed by atoms with E-state index in [0.717, 1.165) is 22.6 Å². The van der Waals surface area contributed by atoms with Gasteiger partial charge in [-0.05, 0) is 35.7 Å². The number of piperidine rings is 1. The third-order valence-electron chi connectivity index (χ3n) is 4.52. The van der Waals surface area contributed by atoms with Crippen LogP contribution in [0.5, 0.6) is 0 Å². The molecule has 4 rings (SSSR count). The van der Waals surface area contributed by atoms with Crippen LogP contribution in [0.25, 0.3) is 10.8 Å². The van der Waals surface area contributed by atoms with Gasteiger partial charge in [0.05, 0.1) is 17.9 Å². The van der Waals surface area contributed by atoms with Crippen molar-refractivity contribution in [2.45, 2.75) is 23.7 Å². The van der Waals surface area contributed by atoms with E-state index in [1.807, 2.05) is 17.5 Å². The van der Waals surface area contributed by atoms with Crippen molar-refractivity contribution in [3.63, 3.8) is 0 Å². The molecule has 1 aliphatic rings. The van der Waals surface area contributed by atoms with Crippen molar-refractivity contribution in [3.8, 4) is 10.8 Å². The Hall–Kier alpha value is -2.08. The molecule has 0 amide bonds. The molecule has 0 unspecified atom stereocenters. The third-order valence-corrected chi connectivity index (χ3v) is 8.31. The van der Waals surface area contributed by atoms with Crippen LogP contribution in [0.1, 0.15) is 34.3 Å². The molecule has 148 valence electrons. The maximum atomic E-state index is 13.1. The van der Waals surface area contributed by atoms with E-state index in [1.165, 1.54) is 28.8 Å². The number of ether oxygens (including phenoxy) is 1. The first-order valence-electron chi connectivity index (χ1n) is 8.54.